The molecular weight excluding hydrogens is 821 g/mol. The maximum atomic E-state index is 12.7. The van der Waals surface area contributed by atoms with Crippen molar-refractivity contribution >= 4 is 5.97 Å². The van der Waals surface area contributed by atoms with E-state index in [4.69, 9.17) is 14.2 Å². The van der Waals surface area contributed by atoms with Crippen molar-refractivity contribution < 1.29 is 34.3 Å². The van der Waals surface area contributed by atoms with Crippen LogP contribution in [0.25, 0.3) is 0 Å². The molecule has 0 aromatic carbocycles. The third kappa shape index (κ3) is 15.8. The van der Waals surface area contributed by atoms with Gasteiger partial charge in [-0.05, 0) is 116 Å². The van der Waals surface area contributed by atoms with Crippen molar-refractivity contribution in [3.63, 3.8) is 0 Å². The van der Waals surface area contributed by atoms with E-state index in [-0.39, 0.29) is 24.1 Å². The Bertz CT molecular complexity index is 1380. The van der Waals surface area contributed by atoms with Crippen LogP contribution in [0.4, 0.5) is 0 Å². The third-order valence-electron chi connectivity index (χ3n) is 19.2. The average Bonchev–Trinajstić information content (AvgIpc) is 3.66. The smallest absolute Gasteiger partial charge is 0.305 e. The fraction of sp³-hybridized carbons (Fsp3) is 0.949. The lowest BCUT2D eigenvalue weighted by Crippen LogP contribution is -2.60. The standard InChI is InChI=1S/C59H106O7/c1-8-10-11-12-13-14-15-16-17-18-19-20-21-22-23-24-25-26-27-28-29-30-53(60)64-42-52-54(61)55(62)56(63)57(66-52)65-47-37-39-58(6)46(41-47)33-34-48-50-36-35-49(59(50,7)40-38-51(48)58)44(5)31-32-45(9-2)43(3)4/h33,43-45,47-52,54-57,61-63H,8-32,34-42H2,1-7H3. The van der Waals surface area contributed by atoms with Gasteiger partial charge in [0.15, 0.2) is 6.29 Å². The number of ether oxygens (including phenoxy) is 3. The number of hydrogen-bond acceptors (Lipinski definition) is 7. The lowest BCUT2D eigenvalue weighted by atomic mass is 9.47. The molecule has 14 atom stereocenters. The molecule has 4 aliphatic carbocycles. The molecule has 5 aliphatic rings. The van der Waals surface area contributed by atoms with E-state index < -0.39 is 30.7 Å². The number of aliphatic hydroxyl groups excluding tert-OH is 3. The second kappa shape index (κ2) is 28.8. The first-order valence-electron chi connectivity index (χ1n) is 29.0. The summed E-state index contributed by atoms with van der Waals surface area (Å²) >= 11 is 0. The number of fused-ring (bicyclic) bond motifs is 5. The summed E-state index contributed by atoms with van der Waals surface area (Å²) in [5, 5.41) is 32.7. The highest BCUT2D eigenvalue weighted by Crippen LogP contribution is 2.67. The molecule has 0 aromatic heterocycles. The summed E-state index contributed by atoms with van der Waals surface area (Å²) in [5.41, 5.74) is 2.13. The van der Waals surface area contributed by atoms with Gasteiger partial charge < -0.3 is 29.5 Å². The lowest BCUT2D eigenvalue weighted by Gasteiger charge is -2.58. The van der Waals surface area contributed by atoms with Crippen LogP contribution in [0, 0.1) is 52.3 Å². The van der Waals surface area contributed by atoms with E-state index in [1.54, 1.807) is 0 Å². The molecule has 0 bridgehead atoms. The topological polar surface area (TPSA) is 105 Å². The molecule has 0 radical (unpaired) electrons. The summed E-state index contributed by atoms with van der Waals surface area (Å²) in [6, 6.07) is 0. The minimum absolute atomic E-state index is 0.140. The van der Waals surface area contributed by atoms with Crippen molar-refractivity contribution in [3.05, 3.63) is 11.6 Å². The molecule has 1 heterocycles. The van der Waals surface area contributed by atoms with Crippen molar-refractivity contribution in [2.24, 2.45) is 52.3 Å². The molecule has 0 spiro atoms. The van der Waals surface area contributed by atoms with Crippen LogP contribution >= 0.6 is 0 Å². The van der Waals surface area contributed by atoms with Gasteiger partial charge in [0.05, 0.1) is 6.10 Å². The summed E-state index contributed by atoms with van der Waals surface area (Å²) < 4.78 is 18.1. The zero-order valence-corrected chi connectivity index (χ0v) is 44.1. The minimum Gasteiger partial charge on any atom is -0.463 e. The Morgan fingerprint density at radius 1 is 0.697 bits per heavy atom. The Morgan fingerprint density at radius 3 is 1.83 bits per heavy atom. The summed E-state index contributed by atoms with van der Waals surface area (Å²) in [4.78, 5) is 12.7. The van der Waals surface area contributed by atoms with Gasteiger partial charge in [-0.1, -0.05) is 201 Å². The number of rotatable bonds is 32. The molecule has 7 nitrogen and oxygen atoms in total. The summed E-state index contributed by atoms with van der Waals surface area (Å²) in [6.07, 6.45) is 37.7. The van der Waals surface area contributed by atoms with Crippen LogP contribution in [0.5, 0.6) is 0 Å². The van der Waals surface area contributed by atoms with Crippen molar-refractivity contribution in [3.8, 4) is 0 Å². The highest BCUT2D eigenvalue weighted by Gasteiger charge is 2.59. The number of carbonyl (C=O) groups is 1. The maximum absolute atomic E-state index is 12.7. The molecule has 7 heteroatoms. The largest absolute Gasteiger partial charge is 0.463 e. The zero-order chi connectivity index (χ0) is 47.5. The second-order valence-corrected chi connectivity index (χ2v) is 24.0. The molecule has 66 heavy (non-hydrogen) atoms. The van der Waals surface area contributed by atoms with Gasteiger partial charge in [0.2, 0.25) is 0 Å². The summed E-state index contributed by atoms with van der Waals surface area (Å²) in [5.74, 6) is 5.24. The molecular formula is C59H106O7. The van der Waals surface area contributed by atoms with E-state index in [0.29, 0.717) is 17.8 Å². The molecule has 1 saturated heterocycles. The van der Waals surface area contributed by atoms with E-state index in [2.05, 4.69) is 54.5 Å². The number of carbonyl (C=O) groups excluding carboxylic acids is 1. The Balaban J connectivity index is 0.935. The van der Waals surface area contributed by atoms with Crippen LogP contribution in [0.3, 0.4) is 0 Å². The number of aliphatic hydroxyl groups is 3. The van der Waals surface area contributed by atoms with Crippen LogP contribution in [-0.2, 0) is 19.0 Å². The minimum atomic E-state index is -1.44. The van der Waals surface area contributed by atoms with E-state index in [1.807, 2.05) is 0 Å². The lowest BCUT2D eigenvalue weighted by molar-refractivity contribution is -0.313. The first-order valence-corrected chi connectivity index (χ1v) is 29.0. The van der Waals surface area contributed by atoms with Crippen molar-refractivity contribution in [2.75, 3.05) is 6.61 Å². The van der Waals surface area contributed by atoms with Crippen LogP contribution in [0.1, 0.15) is 260 Å². The monoisotopic (exact) mass is 927 g/mol. The number of hydrogen-bond donors (Lipinski definition) is 3. The second-order valence-electron chi connectivity index (χ2n) is 24.0. The molecule has 4 fully saturated rings. The van der Waals surface area contributed by atoms with Gasteiger partial charge in [-0.3, -0.25) is 4.79 Å². The molecule has 384 valence electrons. The summed E-state index contributed by atoms with van der Waals surface area (Å²) in [6.45, 7) is 17.1. The highest BCUT2D eigenvalue weighted by atomic mass is 16.7. The van der Waals surface area contributed by atoms with Crippen LogP contribution in [-0.4, -0.2) is 64.7 Å². The number of esters is 1. The predicted octanol–water partition coefficient (Wildman–Crippen LogP) is 15.0. The van der Waals surface area contributed by atoms with Gasteiger partial charge in [-0.25, -0.2) is 0 Å². The predicted molar refractivity (Wildman–Crippen MR) is 272 cm³/mol. The zero-order valence-electron chi connectivity index (χ0n) is 44.1. The fourth-order valence-corrected chi connectivity index (χ4v) is 14.7. The Hall–Kier alpha value is -0.990. The van der Waals surface area contributed by atoms with Crippen LogP contribution in [0.2, 0.25) is 0 Å². The fourth-order valence-electron chi connectivity index (χ4n) is 14.7. The first-order chi connectivity index (χ1) is 31.8. The molecule has 3 N–H and O–H groups in total. The Labute approximate surface area is 406 Å². The molecule has 14 unspecified atom stereocenters. The van der Waals surface area contributed by atoms with Crippen molar-refractivity contribution in [1.82, 2.24) is 0 Å². The normalized spacial score (nSPS) is 34.1. The van der Waals surface area contributed by atoms with E-state index in [1.165, 1.54) is 166 Å². The summed E-state index contributed by atoms with van der Waals surface area (Å²) in [7, 11) is 0. The highest BCUT2D eigenvalue weighted by molar-refractivity contribution is 5.69. The molecule has 3 saturated carbocycles. The van der Waals surface area contributed by atoms with E-state index in [0.717, 1.165) is 80.5 Å². The number of unbranched alkanes of at least 4 members (excludes halogenated alkanes) is 20. The van der Waals surface area contributed by atoms with Gasteiger partial charge in [-0.2, -0.15) is 0 Å². The number of allylic oxidation sites excluding steroid dienone is 1. The third-order valence-corrected chi connectivity index (χ3v) is 19.2. The average molecular weight is 927 g/mol. The van der Waals surface area contributed by atoms with Gasteiger partial charge in [0.1, 0.15) is 31.0 Å². The molecule has 1 aliphatic heterocycles. The van der Waals surface area contributed by atoms with Gasteiger partial charge in [0, 0.05) is 6.42 Å². The van der Waals surface area contributed by atoms with Crippen LogP contribution < -0.4 is 0 Å². The Morgan fingerprint density at radius 2 is 1.27 bits per heavy atom. The SMILES string of the molecule is CCCCCCCCCCCCCCCCCCCCCCCC(=O)OCC1OC(OC2CCC3(C)C(=CCC4C3CCC3(C)C(C(C)CCC(CC)C(C)C)CCC43)C2)C(O)C(O)C1O. The van der Waals surface area contributed by atoms with E-state index >= 15 is 0 Å². The molecule has 0 amide bonds. The first kappa shape index (κ1) is 55.9. The van der Waals surface area contributed by atoms with Gasteiger partial charge >= 0.3 is 5.97 Å². The van der Waals surface area contributed by atoms with Gasteiger partial charge in [-0.15, -0.1) is 0 Å². The van der Waals surface area contributed by atoms with Gasteiger partial charge in [0.25, 0.3) is 0 Å². The van der Waals surface area contributed by atoms with Crippen molar-refractivity contribution in [1.29, 1.82) is 0 Å². The molecule has 5 rings (SSSR count). The molecule has 0 aromatic rings. The van der Waals surface area contributed by atoms with Crippen LogP contribution in [0.15, 0.2) is 11.6 Å². The quantitative estimate of drug-likeness (QED) is 0.0351. The Kier molecular flexibility index (Phi) is 24.4. The maximum Gasteiger partial charge on any atom is 0.305 e. The van der Waals surface area contributed by atoms with E-state index in [9.17, 15) is 20.1 Å². The van der Waals surface area contributed by atoms with Crippen molar-refractivity contribution in [2.45, 2.75) is 297 Å².